The standard InChI is InChI=1S/C17H26N6O/c1-4-21-12-18-19-17(21)14-6-5-8-22(11-14)16(24)10-15-7-9-23(20-15)13(2)3/h7,9,12-14H,4-6,8,10-11H2,1-3H3. The van der Waals surface area contributed by atoms with Gasteiger partial charge in [0.2, 0.25) is 5.91 Å². The van der Waals surface area contributed by atoms with Gasteiger partial charge in [-0.3, -0.25) is 9.48 Å². The Balaban J connectivity index is 1.64. The largest absolute Gasteiger partial charge is 0.342 e. The van der Waals surface area contributed by atoms with Crippen LogP contribution in [0.25, 0.3) is 0 Å². The molecule has 2 aromatic rings. The summed E-state index contributed by atoms with van der Waals surface area (Å²) in [4.78, 5) is 14.6. The Hall–Kier alpha value is -2.18. The average molecular weight is 330 g/mol. The molecule has 1 fully saturated rings. The maximum absolute atomic E-state index is 12.7. The number of hydrogen-bond acceptors (Lipinski definition) is 4. The monoisotopic (exact) mass is 330 g/mol. The van der Waals surface area contributed by atoms with Crippen molar-refractivity contribution >= 4 is 5.91 Å². The second-order valence-electron chi connectivity index (χ2n) is 6.71. The highest BCUT2D eigenvalue weighted by Crippen LogP contribution is 2.25. The van der Waals surface area contributed by atoms with Crippen molar-refractivity contribution in [1.29, 1.82) is 0 Å². The third kappa shape index (κ3) is 3.49. The maximum atomic E-state index is 12.7. The van der Waals surface area contributed by atoms with Gasteiger partial charge < -0.3 is 9.47 Å². The van der Waals surface area contributed by atoms with Gasteiger partial charge in [-0.15, -0.1) is 10.2 Å². The lowest BCUT2D eigenvalue weighted by molar-refractivity contribution is -0.131. The van der Waals surface area contributed by atoms with E-state index in [0.29, 0.717) is 12.5 Å². The predicted octanol–water partition coefficient (Wildman–Crippen LogP) is 2.02. The minimum Gasteiger partial charge on any atom is -0.342 e. The summed E-state index contributed by atoms with van der Waals surface area (Å²) in [6.45, 7) is 8.65. The molecular formula is C17H26N6O. The molecule has 3 rings (SSSR count). The highest BCUT2D eigenvalue weighted by molar-refractivity contribution is 5.78. The van der Waals surface area contributed by atoms with E-state index in [1.54, 1.807) is 6.33 Å². The molecule has 1 unspecified atom stereocenters. The summed E-state index contributed by atoms with van der Waals surface area (Å²) in [5.74, 6) is 1.42. The van der Waals surface area contributed by atoms with Gasteiger partial charge in [-0.1, -0.05) is 0 Å². The summed E-state index contributed by atoms with van der Waals surface area (Å²) in [5.41, 5.74) is 0.840. The first kappa shape index (κ1) is 16.7. The first-order valence-electron chi connectivity index (χ1n) is 8.78. The summed E-state index contributed by atoms with van der Waals surface area (Å²) in [5, 5.41) is 12.8. The molecule has 1 atom stereocenters. The number of rotatable bonds is 5. The van der Waals surface area contributed by atoms with Gasteiger partial charge in [0.1, 0.15) is 12.2 Å². The van der Waals surface area contributed by atoms with Crippen molar-refractivity contribution in [1.82, 2.24) is 29.4 Å². The molecule has 0 bridgehead atoms. The molecule has 0 saturated carbocycles. The van der Waals surface area contributed by atoms with Crippen LogP contribution in [0.5, 0.6) is 0 Å². The van der Waals surface area contributed by atoms with Gasteiger partial charge in [0.25, 0.3) is 0 Å². The Morgan fingerprint density at radius 3 is 2.96 bits per heavy atom. The van der Waals surface area contributed by atoms with E-state index < -0.39 is 0 Å². The first-order valence-corrected chi connectivity index (χ1v) is 8.78. The van der Waals surface area contributed by atoms with Crippen LogP contribution < -0.4 is 0 Å². The normalized spacial score (nSPS) is 18.3. The zero-order chi connectivity index (χ0) is 17.1. The van der Waals surface area contributed by atoms with Gasteiger partial charge in [0.05, 0.1) is 12.1 Å². The van der Waals surface area contributed by atoms with Crippen molar-refractivity contribution in [2.75, 3.05) is 13.1 Å². The lowest BCUT2D eigenvalue weighted by atomic mass is 9.96. The van der Waals surface area contributed by atoms with Crippen LogP contribution in [0, 0.1) is 0 Å². The second-order valence-corrected chi connectivity index (χ2v) is 6.71. The molecule has 0 aromatic carbocycles. The fraction of sp³-hybridized carbons (Fsp3) is 0.647. The van der Waals surface area contributed by atoms with Crippen molar-refractivity contribution in [3.8, 4) is 0 Å². The number of piperidine rings is 1. The van der Waals surface area contributed by atoms with E-state index in [1.165, 1.54) is 0 Å². The van der Waals surface area contributed by atoms with Crippen LogP contribution in [-0.4, -0.2) is 48.4 Å². The Bertz CT molecular complexity index is 689. The lowest BCUT2D eigenvalue weighted by Crippen LogP contribution is -2.40. The third-order valence-corrected chi connectivity index (χ3v) is 4.65. The highest BCUT2D eigenvalue weighted by Gasteiger charge is 2.28. The topological polar surface area (TPSA) is 68.8 Å². The third-order valence-electron chi connectivity index (χ3n) is 4.65. The van der Waals surface area contributed by atoms with Gasteiger partial charge in [-0.05, 0) is 39.7 Å². The quantitative estimate of drug-likeness (QED) is 0.841. The molecule has 0 radical (unpaired) electrons. The van der Waals surface area contributed by atoms with Gasteiger partial charge in [-0.2, -0.15) is 5.10 Å². The average Bonchev–Trinajstić information content (AvgIpc) is 3.23. The molecule has 1 amide bonds. The van der Waals surface area contributed by atoms with Crippen molar-refractivity contribution in [3.63, 3.8) is 0 Å². The Morgan fingerprint density at radius 2 is 2.25 bits per heavy atom. The summed E-state index contributed by atoms with van der Waals surface area (Å²) in [7, 11) is 0. The van der Waals surface area contributed by atoms with E-state index in [9.17, 15) is 4.79 Å². The number of likely N-dealkylation sites (tertiary alicyclic amines) is 1. The molecule has 1 saturated heterocycles. The fourth-order valence-electron chi connectivity index (χ4n) is 3.26. The minimum absolute atomic E-state index is 0.149. The number of aryl methyl sites for hydroxylation is 1. The lowest BCUT2D eigenvalue weighted by Gasteiger charge is -2.32. The Morgan fingerprint density at radius 1 is 1.42 bits per heavy atom. The first-order chi connectivity index (χ1) is 11.6. The molecular weight excluding hydrogens is 304 g/mol. The molecule has 7 heteroatoms. The minimum atomic E-state index is 0.149. The molecule has 1 aliphatic heterocycles. The molecule has 3 heterocycles. The molecule has 1 aliphatic rings. The van der Waals surface area contributed by atoms with Crippen molar-refractivity contribution in [2.24, 2.45) is 0 Å². The Kier molecular flexibility index (Phi) is 4.97. The fourth-order valence-corrected chi connectivity index (χ4v) is 3.26. The molecule has 0 N–H and O–H groups in total. The van der Waals surface area contributed by atoms with Gasteiger partial charge in [0.15, 0.2) is 0 Å². The van der Waals surface area contributed by atoms with E-state index >= 15 is 0 Å². The van der Waals surface area contributed by atoms with Crippen molar-refractivity contribution in [2.45, 2.75) is 58.5 Å². The predicted molar refractivity (Wildman–Crippen MR) is 90.6 cm³/mol. The maximum Gasteiger partial charge on any atom is 0.228 e. The highest BCUT2D eigenvalue weighted by atomic mass is 16.2. The number of nitrogens with zero attached hydrogens (tertiary/aromatic N) is 6. The van der Waals surface area contributed by atoms with Crippen LogP contribution >= 0.6 is 0 Å². The van der Waals surface area contributed by atoms with Gasteiger partial charge >= 0.3 is 0 Å². The van der Waals surface area contributed by atoms with Crippen molar-refractivity contribution in [3.05, 3.63) is 30.1 Å². The summed E-state index contributed by atoms with van der Waals surface area (Å²) >= 11 is 0. The van der Waals surface area contributed by atoms with E-state index in [-0.39, 0.29) is 11.8 Å². The molecule has 2 aromatic heterocycles. The number of carbonyl (C=O) groups is 1. The van der Waals surface area contributed by atoms with Gasteiger partial charge in [-0.25, -0.2) is 0 Å². The van der Waals surface area contributed by atoms with Crippen LogP contribution in [0.4, 0.5) is 0 Å². The zero-order valence-corrected chi connectivity index (χ0v) is 14.7. The second kappa shape index (κ2) is 7.15. The smallest absolute Gasteiger partial charge is 0.228 e. The summed E-state index contributed by atoms with van der Waals surface area (Å²) in [6.07, 6.45) is 6.15. The molecule has 24 heavy (non-hydrogen) atoms. The number of aromatic nitrogens is 5. The summed E-state index contributed by atoms with van der Waals surface area (Å²) < 4.78 is 3.97. The van der Waals surface area contributed by atoms with Crippen LogP contribution in [-0.2, 0) is 17.8 Å². The van der Waals surface area contributed by atoms with E-state index in [0.717, 1.165) is 44.0 Å². The van der Waals surface area contributed by atoms with Crippen molar-refractivity contribution < 1.29 is 4.79 Å². The number of amides is 1. The van der Waals surface area contributed by atoms with E-state index in [2.05, 4.69) is 40.6 Å². The van der Waals surface area contributed by atoms with Crippen LogP contribution in [0.3, 0.4) is 0 Å². The molecule has 0 aliphatic carbocycles. The van der Waals surface area contributed by atoms with Crippen LogP contribution in [0.15, 0.2) is 18.6 Å². The molecule has 130 valence electrons. The molecule has 0 spiro atoms. The SMILES string of the molecule is CCn1cnnc1C1CCCN(C(=O)Cc2ccn(C(C)C)n2)C1. The van der Waals surface area contributed by atoms with Gasteiger partial charge in [0, 0.05) is 37.8 Å². The Labute approximate surface area is 142 Å². The van der Waals surface area contributed by atoms with Crippen LogP contribution in [0.2, 0.25) is 0 Å². The van der Waals surface area contributed by atoms with E-state index in [4.69, 9.17) is 0 Å². The number of hydrogen-bond donors (Lipinski definition) is 0. The zero-order valence-electron chi connectivity index (χ0n) is 14.7. The summed E-state index contributed by atoms with van der Waals surface area (Å²) in [6, 6.07) is 2.25. The van der Waals surface area contributed by atoms with Crippen LogP contribution in [0.1, 0.15) is 57.1 Å². The number of carbonyl (C=O) groups excluding carboxylic acids is 1. The molecule has 7 nitrogen and oxygen atoms in total. The van der Waals surface area contributed by atoms with E-state index in [1.807, 2.05) is 21.8 Å².